The van der Waals surface area contributed by atoms with Gasteiger partial charge < -0.3 is 74.4 Å². The largest absolute Gasteiger partial charge is 0.507 e. The summed E-state index contributed by atoms with van der Waals surface area (Å²) >= 11 is 0. The highest BCUT2D eigenvalue weighted by Gasteiger charge is 2.46. The third-order valence-electron chi connectivity index (χ3n) is 7.22. The highest BCUT2D eigenvalue weighted by Crippen LogP contribution is 2.37. The number of phenolic OH excluding ortho intramolecular Hbond substituents is 2. The molecule has 0 amide bonds. The molecule has 16 nitrogen and oxygen atoms in total. The van der Waals surface area contributed by atoms with Crippen molar-refractivity contribution < 1.29 is 74.4 Å². The zero-order valence-corrected chi connectivity index (χ0v) is 22.1. The van der Waals surface area contributed by atoms with Crippen LogP contribution in [0.3, 0.4) is 0 Å². The molecule has 2 aliphatic heterocycles. The van der Waals surface area contributed by atoms with E-state index in [1.165, 1.54) is 24.3 Å². The number of hydrogen-bond acceptors (Lipinski definition) is 16. The van der Waals surface area contributed by atoms with Gasteiger partial charge in [-0.1, -0.05) is 0 Å². The van der Waals surface area contributed by atoms with Gasteiger partial charge in [0, 0.05) is 23.8 Å². The number of ether oxygens (including phenoxy) is 4. The molecule has 5 rings (SSSR count). The summed E-state index contributed by atoms with van der Waals surface area (Å²) in [5.41, 5.74) is -0.708. The molecule has 234 valence electrons. The Morgan fingerprint density at radius 1 is 0.674 bits per heavy atom. The van der Waals surface area contributed by atoms with Gasteiger partial charge in [-0.2, -0.15) is 0 Å². The van der Waals surface area contributed by atoms with Gasteiger partial charge in [-0.3, -0.25) is 4.79 Å². The van der Waals surface area contributed by atoms with Crippen molar-refractivity contribution in [2.24, 2.45) is 0 Å². The Hall–Kier alpha value is -3.55. The molecule has 10 N–H and O–H groups in total. The van der Waals surface area contributed by atoms with Crippen molar-refractivity contribution in [3.8, 4) is 34.3 Å². The van der Waals surface area contributed by atoms with E-state index in [4.69, 9.17) is 23.4 Å². The van der Waals surface area contributed by atoms with Crippen molar-refractivity contribution >= 4 is 11.0 Å². The highest BCUT2D eigenvalue weighted by atomic mass is 16.7. The summed E-state index contributed by atoms with van der Waals surface area (Å²) in [5, 5.41) is 99.9. The molecule has 43 heavy (non-hydrogen) atoms. The van der Waals surface area contributed by atoms with Crippen LogP contribution in [0.5, 0.6) is 23.0 Å². The molecule has 2 fully saturated rings. The first kappa shape index (κ1) is 30.9. The lowest BCUT2D eigenvalue weighted by atomic mass is 9.99. The fourth-order valence-corrected chi connectivity index (χ4v) is 4.80. The minimum Gasteiger partial charge on any atom is -0.507 e. The molecule has 2 saturated heterocycles. The van der Waals surface area contributed by atoms with Crippen LogP contribution in [0, 0.1) is 0 Å². The number of hydrogen-bond donors (Lipinski definition) is 10. The fourth-order valence-electron chi connectivity index (χ4n) is 4.80. The molecule has 2 aromatic carbocycles. The minimum atomic E-state index is -1.76. The number of aliphatic hydroxyl groups is 8. The van der Waals surface area contributed by atoms with Crippen molar-refractivity contribution in [3.05, 3.63) is 46.6 Å². The maximum absolute atomic E-state index is 12.9. The second-order valence-electron chi connectivity index (χ2n) is 10.1. The molecule has 2 aliphatic rings. The number of rotatable bonds is 7. The first-order chi connectivity index (χ1) is 20.4. The summed E-state index contributed by atoms with van der Waals surface area (Å²) in [7, 11) is 0. The van der Waals surface area contributed by atoms with Crippen LogP contribution < -0.4 is 14.9 Å². The van der Waals surface area contributed by atoms with Crippen LogP contribution in [-0.4, -0.2) is 126 Å². The summed E-state index contributed by atoms with van der Waals surface area (Å²) in [6.07, 6.45) is -15.9. The Kier molecular flexibility index (Phi) is 8.77. The Balaban J connectivity index is 1.45. The van der Waals surface area contributed by atoms with Crippen molar-refractivity contribution in [2.75, 3.05) is 13.2 Å². The molecule has 3 aromatic rings. The van der Waals surface area contributed by atoms with Crippen LogP contribution >= 0.6 is 0 Å². The maximum Gasteiger partial charge on any atom is 0.229 e. The molecule has 0 saturated carbocycles. The lowest BCUT2D eigenvalue weighted by Gasteiger charge is -2.39. The van der Waals surface area contributed by atoms with E-state index in [0.717, 1.165) is 12.1 Å². The van der Waals surface area contributed by atoms with E-state index in [1.807, 2.05) is 0 Å². The second-order valence-corrected chi connectivity index (χ2v) is 10.1. The van der Waals surface area contributed by atoms with E-state index in [2.05, 4.69) is 0 Å². The van der Waals surface area contributed by atoms with Gasteiger partial charge in [-0.25, -0.2) is 0 Å². The van der Waals surface area contributed by atoms with Crippen LogP contribution in [0.2, 0.25) is 0 Å². The Bertz CT molecular complexity index is 1500. The van der Waals surface area contributed by atoms with Gasteiger partial charge in [-0.05, 0) is 18.2 Å². The smallest absolute Gasteiger partial charge is 0.229 e. The number of fused-ring (bicyclic) bond motifs is 1. The molecule has 1 aromatic heterocycles. The van der Waals surface area contributed by atoms with E-state index in [-0.39, 0.29) is 33.8 Å². The van der Waals surface area contributed by atoms with Gasteiger partial charge in [0.15, 0.2) is 16.9 Å². The van der Waals surface area contributed by atoms with Gasteiger partial charge in [-0.15, -0.1) is 0 Å². The molecule has 3 heterocycles. The predicted molar refractivity (Wildman–Crippen MR) is 140 cm³/mol. The van der Waals surface area contributed by atoms with Gasteiger partial charge in [0.25, 0.3) is 0 Å². The standard InChI is InChI=1S/C27H30O16/c28-7-17-20(33)22(35)24(37)26(42-17)39-10-4-12(31)19-13(32)6-14(40-16(19)5-10)9-1-2-11(30)15(3-9)41-27-25(38)23(36)21(34)18(8-29)43-27/h1-6,17-18,20-31,33-38H,7-8H2/t17-,18-,20+,21+,22+,23+,24+,25+,26+,27+/m0/s1. The molecule has 16 heteroatoms. The van der Waals surface area contributed by atoms with Crippen LogP contribution in [0.4, 0.5) is 0 Å². The average Bonchev–Trinajstić information content (AvgIpc) is 2.98. The van der Waals surface area contributed by atoms with E-state index >= 15 is 0 Å². The van der Waals surface area contributed by atoms with Crippen LogP contribution in [0.1, 0.15) is 0 Å². The lowest BCUT2D eigenvalue weighted by Crippen LogP contribution is -2.60. The molecule has 10 atom stereocenters. The van der Waals surface area contributed by atoms with Gasteiger partial charge in [0.05, 0.1) is 13.2 Å². The minimum absolute atomic E-state index is 0.0828. The van der Waals surface area contributed by atoms with Crippen molar-refractivity contribution in [1.29, 1.82) is 0 Å². The predicted octanol–water partition coefficient (Wildman–Crippen LogP) is -2.77. The first-order valence-electron chi connectivity index (χ1n) is 13.0. The number of aliphatic hydroxyl groups excluding tert-OH is 8. The third-order valence-corrected chi connectivity index (χ3v) is 7.22. The topological polar surface area (TPSA) is 269 Å². The monoisotopic (exact) mass is 610 g/mol. The van der Waals surface area contributed by atoms with E-state index in [1.54, 1.807) is 0 Å². The van der Waals surface area contributed by atoms with Crippen LogP contribution in [0.15, 0.2) is 45.6 Å². The summed E-state index contributed by atoms with van der Waals surface area (Å²) in [4.78, 5) is 12.9. The maximum atomic E-state index is 12.9. The zero-order valence-electron chi connectivity index (χ0n) is 22.1. The first-order valence-corrected chi connectivity index (χ1v) is 13.0. The van der Waals surface area contributed by atoms with Gasteiger partial charge >= 0.3 is 0 Å². The number of aromatic hydroxyl groups is 2. The van der Waals surface area contributed by atoms with Crippen LogP contribution in [0.25, 0.3) is 22.3 Å². The van der Waals surface area contributed by atoms with Gasteiger partial charge in [0.1, 0.15) is 77.1 Å². The fraction of sp³-hybridized carbons (Fsp3) is 0.444. The quantitative estimate of drug-likeness (QED) is 0.130. The molecule has 0 spiro atoms. The summed E-state index contributed by atoms with van der Waals surface area (Å²) in [6.45, 7) is -1.39. The molecular weight excluding hydrogens is 580 g/mol. The molecule has 0 radical (unpaired) electrons. The average molecular weight is 611 g/mol. The SMILES string of the molecule is O=c1cc(-c2ccc(O)c(O[C@@H]3O[C@@H](CO)[C@@H](O)[C@@H](O)[C@H]3O)c2)oc2cc(O[C@@H]3O[C@@H](CO)[C@@H](O)[C@@H](O)[C@H]3O)cc(O)c12. The number of phenols is 2. The highest BCUT2D eigenvalue weighted by molar-refractivity contribution is 5.86. The molecule has 0 bridgehead atoms. The third kappa shape index (κ3) is 5.85. The summed E-state index contributed by atoms with van der Waals surface area (Å²) < 4.78 is 27.5. The second kappa shape index (κ2) is 12.2. The Morgan fingerprint density at radius 2 is 1.26 bits per heavy atom. The molecule has 0 unspecified atom stereocenters. The molecule has 0 aliphatic carbocycles. The van der Waals surface area contributed by atoms with Gasteiger partial charge in [0.2, 0.25) is 12.6 Å². The number of benzene rings is 2. The van der Waals surface area contributed by atoms with Crippen molar-refractivity contribution in [2.45, 2.75) is 61.4 Å². The Morgan fingerprint density at radius 3 is 1.84 bits per heavy atom. The molecular formula is C27H30O16. The van der Waals surface area contributed by atoms with Crippen molar-refractivity contribution in [3.63, 3.8) is 0 Å². The van der Waals surface area contributed by atoms with E-state index in [9.17, 15) is 55.9 Å². The van der Waals surface area contributed by atoms with E-state index in [0.29, 0.717) is 0 Å². The zero-order chi connectivity index (χ0) is 31.2. The van der Waals surface area contributed by atoms with Crippen LogP contribution in [-0.2, 0) is 9.47 Å². The Labute approximate surface area is 241 Å². The van der Waals surface area contributed by atoms with Crippen molar-refractivity contribution in [1.82, 2.24) is 0 Å². The lowest BCUT2D eigenvalue weighted by molar-refractivity contribution is -0.277. The van der Waals surface area contributed by atoms with E-state index < -0.39 is 91.6 Å². The summed E-state index contributed by atoms with van der Waals surface area (Å²) in [5.74, 6) is -1.54. The normalized spacial score (nSPS) is 32.9. The summed E-state index contributed by atoms with van der Waals surface area (Å²) in [6, 6.07) is 7.02.